The van der Waals surface area contributed by atoms with Crippen molar-refractivity contribution in [3.05, 3.63) is 65.5 Å². The van der Waals surface area contributed by atoms with E-state index in [1.165, 1.54) is 12.1 Å². The van der Waals surface area contributed by atoms with Crippen molar-refractivity contribution in [2.75, 3.05) is 37.6 Å². The molecule has 2 saturated heterocycles. The molecule has 28 heavy (non-hydrogen) atoms. The second-order valence-corrected chi connectivity index (χ2v) is 7.06. The van der Waals surface area contributed by atoms with Crippen LogP contribution in [0, 0.1) is 5.82 Å². The van der Waals surface area contributed by atoms with Crippen LogP contribution >= 0.6 is 0 Å². The van der Waals surface area contributed by atoms with Crippen molar-refractivity contribution in [3.8, 4) is 0 Å². The van der Waals surface area contributed by atoms with E-state index in [1.807, 2.05) is 12.1 Å². The predicted molar refractivity (Wildman–Crippen MR) is 105 cm³/mol. The lowest BCUT2D eigenvalue weighted by Gasteiger charge is -2.37. The molecule has 2 aliphatic heterocycles. The van der Waals surface area contributed by atoms with E-state index in [0.717, 1.165) is 12.0 Å². The Morgan fingerprint density at radius 3 is 2.75 bits per heavy atom. The highest BCUT2D eigenvalue weighted by Gasteiger charge is 2.29. The van der Waals surface area contributed by atoms with Crippen molar-refractivity contribution in [1.82, 2.24) is 15.5 Å². The molecule has 2 aromatic rings. The van der Waals surface area contributed by atoms with Crippen molar-refractivity contribution in [2.45, 2.75) is 12.5 Å². The molecule has 6 nitrogen and oxygen atoms in total. The molecule has 146 valence electrons. The third-order valence-corrected chi connectivity index (χ3v) is 5.22. The van der Waals surface area contributed by atoms with E-state index in [4.69, 9.17) is 0 Å². The molecule has 2 aromatic carbocycles. The first-order chi connectivity index (χ1) is 13.6. The summed E-state index contributed by atoms with van der Waals surface area (Å²) in [4.78, 5) is 28.8. The fourth-order valence-corrected chi connectivity index (χ4v) is 3.81. The number of amides is 3. The van der Waals surface area contributed by atoms with Gasteiger partial charge in [0.05, 0.1) is 6.04 Å². The van der Waals surface area contributed by atoms with Crippen LogP contribution in [0.15, 0.2) is 48.5 Å². The van der Waals surface area contributed by atoms with Crippen LogP contribution < -0.4 is 15.5 Å². The third-order valence-electron chi connectivity index (χ3n) is 5.22. The summed E-state index contributed by atoms with van der Waals surface area (Å²) in [7, 11) is 0. The minimum absolute atomic E-state index is 0.116. The van der Waals surface area contributed by atoms with E-state index in [2.05, 4.69) is 10.6 Å². The van der Waals surface area contributed by atoms with Gasteiger partial charge in [-0.05, 0) is 42.3 Å². The van der Waals surface area contributed by atoms with Gasteiger partial charge in [0.25, 0.3) is 5.91 Å². The Labute approximate surface area is 163 Å². The molecule has 3 amide bonds. The van der Waals surface area contributed by atoms with Gasteiger partial charge in [0.1, 0.15) is 5.82 Å². The maximum atomic E-state index is 13.7. The molecule has 2 heterocycles. The Kier molecular flexibility index (Phi) is 5.25. The molecule has 2 fully saturated rings. The summed E-state index contributed by atoms with van der Waals surface area (Å²) in [6.45, 7) is 3.09. The summed E-state index contributed by atoms with van der Waals surface area (Å²) in [5.41, 5.74) is 2.01. The number of carbonyl (C=O) groups is 2. The predicted octanol–water partition coefficient (Wildman–Crippen LogP) is 2.53. The molecule has 0 radical (unpaired) electrons. The number of nitrogens with one attached hydrogen (secondary N) is 2. The summed E-state index contributed by atoms with van der Waals surface area (Å²) in [6.07, 6.45) is 0.864. The zero-order chi connectivity index (χ0) is 19.5. The summed E-state index contributed by atoms with van der Waals surface area (Å²) < 4.78 is 13.7. The zero-order valence-electron chi connectivity index (χ0n) is 15.5. The number of urea groups is 1. The highest BCUT2D eigenvalue weighted by atomic mass is 19.1. The maximum absolute atomic E-state index is 13.7. The fourth-order valence-electron chi connectivity index (χ4n) is 3.81. The van der Waals surface area contributed by atoms with Crippen molar-refractivity contribution in [1.29, 1.82) is 0 Å². The van der Waals surface area contributed by atoms with Crippen LogP contribution in [0.1, 0.15) is 28.4 Å². The molecule has 0 spiro atoms. The summed E-state index contributed by atoms with van der Waals surface area (Å²) >= 11 is 0. The first kappa shape index (κ1) is 18.4. The highest BCUT2D eigenvalue weighted by molar-refractivity contribution is 5.98. The Balaban J connectivity index is 1.60. The smallest absolute Gasteiger partial charge is 0.321 e. The number of nitrogens with zero attached hydrogens (tertiary/aromatic N) is 2. The van der Waals surface area contributed by atoms with Gasteiger partial charge in [-0.1, -0.05) is 18.2 Å². The van der Waals surface area contributed by atoms with Crippen LogP contribution in [0.25, 0.3) is 0 Å². The highest BCUT2D eigenvalue weighted by Crippen LogP contribution is 2.26. The number of anilines is 1. The van der Waals surface area contributed by atoms with E-state index >= 15 is 0 Å². The third kappa shape index (κ3) is 3.71. The normalized spacial score (nSPS) is 20.0. The molecule has 4 rings (SSSR count). The standard InChI is InChI=1S/C21H23FN4O2/c22-17-6-1-4-15(12-17)19-14-23-9-11-26(19)20(27)16-5-2-7-18(13-16)25-10-3-8-24-21(25)28/h1-2,4-7,12-13,19,23H,3,8-11,14H2,(H,24,28). The monoisotopic (exact) mass is 382 g/mol. The summed E-state index contributed by atoms with van der Waals surface area (Å²) in [5.74, 6) is -0.427. The second-order valence-electron chi connectivity index (χ2n) is 7.06. The largest absolute Gasteiger partial charge is 0.338 e. The Bertz CT molecular complexity index is 888. The summed E-state index contributed by atoms with van der Waals surface area (Å²) in [5, 5.41) is 6.10. The van der Waals surface area contributed by atoms with Crippen LogP contribution in [0.4, 0.5) is 14.9 Å². The van der Waals surface area contributed by atoms with E-state index in [-0.39, 0.29) is 23.8 Å². The van der Waals surface area contributed by atoms with Gasteiger partial charge in [-0.25, -0.2) is 9.18 Å². The van der Waals surface area contributed by atoms with Gasteiger partial charge in [-0.3, -0.25) is 9.69 Å². The molecule has 1 unspecified atom stereocenters. The quantitative estimate of drug-likeness (QED) is 0.858. The number of carbonyl (C=O) groups excluding carboxylic acids is 2. The van der Waals surface area contributed by atoms with Gasteiger partial charge < -0.3 is 15.5 Å². The van der Waals surface area contributed by atoms with Gasteiger partial charge in [0, 0.05) is 44.0 Å². The molecular weight excluding hydrogens is 359 g/mol. The van der Waals surface area contributed by atoms with Gasteiger partial charge >= 0.3 is 6.03 Å². The number of benzene rings is 2. The van der Waals surface area contributed by atoms with Crippen molar-refractivity contribution >= 4 is 17.6 Å². The lowest BCUT2D eigenvalue weighted by Crippen LogP contribution is -2.49. The first-order valence-electron chi connectivity index (χ1n) is 9.56. The Hall–Kier alpha value is -2.93. The zero-order valence-corrected chi connectivity index (χ0v) is 15.5. The molecule has 7 heteroatoms. The fraction of sp³-hybridized carbons (Fsp3) is 0.333. The van der Waals surface area contributed by atoms with E-state index < -0.39 is 0 Å². The average molecular weight is 382 g/mol. The van der Waals surface area contributed by atoms with E-state index in [9.17, 15) is 14.0 Å². The number of halogens is 1. The van der Waals surface area contributed by atoms with Crippen LogP contribution in [-0.4, -0.2) is 49.6 Å². The van der Waals surface area contributed by atoms with Crippen LogP contribution in [0.3, 0.4) is 0 Å². The van der Waals surface area contributed by atoms with Crippen LogP contribution in [0.2, 0.25) is 0 Å². The molecular formula is C21H23FN4O2. The second kappa shape index (κ2) is 7.98. The molecule has 0 aromatic heterocycles. The molecule has 2 N–H and O–H groups in total. The van der Waals surface area contributed by atoms with Gasteiger partial charge in [-0.2, -0.15) is 0 Å². The van der Waals surface area contributed by atoms with Gasteiger partial charge in [0.2, 0.25) is 0 Å². The molecule has 0 bridgehead atoms. The number of hydrogen-bond acceptors (Lipinski definition) is 3. The molecule has 1 atom stereocenters. The minimum Gasteiger partial charge on any atom is -0.338 e. The summed E-state index contributed by atoms with van der Waals surface area (Å²) in [6, 6.07) is 13.2. The van der Waals surface area contributed by atoms with Crippen molar-refractivity contribution < 1.29 is 14.0 Å². The SMILES string of the molecule is O=C1NCCCN1c1cccc(C(=O)N2CCNCC2c2cccc(F)c2)c1. The van der Waals surface area contributed by atoms with Crippen LogP contribution in [-0.2, 0) is 0 Å². The van der Waals surface area contributed by atoms with E-state index in [1.54, 1.807) is 34.1 Å². The molecule has 2 aliphatic rings. The molecule has 0 saturated carbocycles. The Morgan fingerprint density at radius 1 is 1.07 bits per heavy atom. The average Bonchev–Trinajstić information content (AvgIpc) is 2.74. The minimum atomic E-state index is -0.311. The topological polar surface area (TPSA) is 64.7 Å². The van der Waals surface area contributed by atoms with Gasteiger partial charge in [0.15, 0.2) is 0 Å². The van der Waals surface area contributed by atoms with E-state index in [0.29, 0.717) is 44.0 Å². The van der Waals surface area contributed by atoms with Crippen molar-refractivity contribution in [2.24, 2.45) is 0 Å². The lowest BCUT2D eigenvalue weighted by atomic mass is 10.0. The number of rotatable bonds is 3. The number of piperazine rings is 1. The van der Waals surface area contributed by atoms with Crippen molar-refractivity contribution in [3.63, 3.8) is 0 Å². The van der Waals surface area contributed by atoms with Crippen LogP contribution in [0.5, 0.6) is 0 Å². The Morgan fingerprint density at radius 2 is 1.93 bits per heavy atom. The maximum Gasteiger partial charge on any atom is 0.321 e. The number of hydrogen-bond donors (Lipinski definition) is 2. The first-order valence-corrected chi connectivity index (χ1v) is 9.56. The van der Waals surface area contributed by atoms with Gasteiger partial charge in [-0.15, -0.1) is 0 Å². The lowest BCUT2D eigenvalue weighted by molar-refractivity contribution is 0.0634. The molecule has 0 aliphatic carbocycles.